The molecular weight excluding hydrogens is 542 g/mol. The number of likely N-dealkylation sites (N-methyl/N-ethyl adjacent to an activating group) is 1. The number of methoxy groups -OCH3 is 1. The monoisotopic (exact) mass is 576 g/mol. The Hall–Kier alpha value is -2.62. The van der Waals surface area contributed by atoms with Crippen LogP contribution in [0.15, 0.2) is 24.3 Å². The van der Waals surface area contributed by atoms with Crippen LogP contribution in [0.3, 0.4) is 0 Å². The van der Waals surface area contributed by atoms with Crippen molar-refractivity contribution >= 4 is 11.9 Å². The number of ether oxygens (including phenoxy) is 3. The second-order valence-electron chi connectivity index (χ2n) is 9.03. The summed E-state index contributed by atoms with van der Waals surface area (Å²) in [6, 6.07) is 8.97. The van der Waals surface area contributed by atoms with Crippen molar-refractivity contribution in [2.24, 2.45) is 0 Å². The van der Waals surface area contributed by atoms with Crippen LogP contribution in [-0.2, 0) is 25.6 Å². The zero-order valence-electron chi connectivity index (χ0n) is 21.8. The van der Waals surface area contributed by atoms with E-state index in [1.54, 1.807) is 7.11 Å². The van der Waals surface area contributed by atoms with E-state index in [2.05, 4.69) is 36.0 Å². The molecular formula is C24H34F6N2O7. The van der Waals surface area contributed by atoms with Crippen molar-refractivity contribution in [2.45, 2.75) is 56.4 Å². The van der Waals surface area contributed by atoms with Gasteiger partial charge in [0.2, 0.25) is 0 Å². The Morgan fingerprint density at radius 3 is 2.00 bits per heavy atom. The molecule has 2 aliphatic rings. The number of alkyl halides is 6. The molecule has 3 rings (SSSR count). The number of benzene rings is 1. The van der Waals surface area contributed by atoms with Gasteiger partial charge in [0, 0.05) is 25.7 Å². The summed E-state index contributed by atoms with van der Waals surface area (Å²) >= 11 is 0. The molecule has 1 aromatic rings. The number of fused-ring (bicyclic) bond motifs is 1. The topological polar surface area (TPSA) is 109 Å². The van der Waals surface area contributed by atoms with Crippen molar-refractivity contribution < 1.29 is 60.4 Å². The van der Waals surface area contributed by atoms with Gasteiger partial charge >= 0.3 is 24.3 Å². The average molecular weight is 577 g/mol. The van der Waals surface area contributed by atoms with Crippen LogP contribution in [0.2, 0.25) is 0 Å². The lowest BCUT2D eigenvalue weighted by Crippen LogP contribution is -2.43. The molecule has 0 spiro atoms. The summed E-state index contributed by atoms with van der Waals surface area (Å²) < 4.78 is 80.8. The van der Waals surface area contributed by atoms with E-state index >= 15 is 0 Å². The van der Waals surface area contributed by atoms with E-state index in [9.17, 15) is 26.3 Å². The second kappa shape index (κ2) is 15.8. The summed E-state index contributed by atoms with van der Waals surface area (Å²) in [4.78, 5) is 22.5. The molecule has 2 fully saturated rings. The molecule has 224 valence electrons. The summed E-state index contributed by atoms with van der Waals surface area (Å²) in [5, 5.41) is 14.2. The van der Waals surface area contributed by atoms with E-state index in [1.807, 2.05) is 12.1 Å². The van der Waals surface area contributed by atoms with E-state index in [1.165, 1.54) is 12.0 Å². The van der Waals surface area contributed by atoms with Crippen LogP contribution in [0.5, 0.6) is 5.75 Å². The molecule has 0 bridgehead atoms. The van der Waals surface area contributed by atoms with Crippen LogP contribution >= 0.6 is 0 Å². The summed E-state index contributed by atoms with van der Waals surface area (Å²) in [5.41, 5.74) is 1.34. The highest BCUT2D eigenvalue weighted by Crippen LogP contribution is 2.32. The smallest absolute Gasteiger partial charge is 0.490 e. The number of carbonyl (C=O) groups is 2. The lowest BCUT2D eigenvalue weighted by atomic mass is 9.99. The largest absolute Gasteiger partial charge is 0.497 e. The van der Waals surface area contributed by atoms with Crippen LogP contribution in [0.1, 0.15) is 24.8 Å². The van der Waals surface area contributed by atoms with E-state index in [0.29, 0.717) is 12.1 Å². The Bertz CT molecular complexity index is 857. The SMILES string of the molecule is COc1ccc(CN2CC[C@@H]3O[C@@H](COCCN(C)C)CC[C@@H]32)cc1.O=C(O)C(F)(F)F.O=C(O)C(F)(F)F. The number of aliphatic carboxylic acids is 2. The normalized spacial score (nSPS) is 21.2. The summed E-state index contributed by atoms with van der Waals surface area (Å²) in [6.07, 6.45) is -6.08. The Labute approximate surface area is 222 Å². The third kappa shape index (κ3) is 13.3. The van der Waals surface area contributed by atoms with Crippen LogP contribution in [0, 0.1) is 0 Å². The maximum atomic E-state index is 10.6. The van der Waals surface area contributed by atoms with Crippen LogP contribution in [0.25, 0.3) is 0 Å². The number of carboxylic acids is 2. The predicted molar refractivity (Wildman–Crippen MR) is 126 cm³/mol. The standard InChI is InChI=1S/C20H32N2O3.2C2HF3O2/c1-21(2)12-13-24-15-18-8-9-19-20(25-18)10-11-22(19)14-16-4-6-17(23-3)7-5-16;2*3-2(4,5)1(6)7/h4-7,18-20H,8-15H2,1-3H3;2*(H,6,7)/t18-,19+,20+;;/m1../s1. The molecule has 0 amide bonds. The first kappa shape index (κ1) is 34.4. The van der Waals surface area contributed by atoms with Crippen molar-refractivity contribution in [1.29, 1.82) is 0 Å². The molecule has 0 unspecified atom stereocenters. The fourth-order valence-corrected chi connectivity index (χ4v) is 3.83. The molecule has 0 radical (unpaired) electrons. The lowest BCUT2D eigenvalue weighted by Gasteiger charge is -2.36. The Morgan fingerprint density at radius 2 is 1.54 bits per heavy atom. The number of likely N-dealkylation sites (tertiary alicyclic amines) is 1. The first-order valence-electron chi connectivity index (χ1n) is 11.9. The summed E-state index contributed by atoms with van der Waals surface area (Å²) in [5.74, 6) is -4.60. The molecule has 2 N–H and O–H groups in total. The highest BCUT2D eigenvalue weighted by Gasteiger charge is 2.40. The van der Waals surface area contributed by atoms with Gasteiger partial charge in [0.15, 0.2) is 0 Å². The van der Waals surface area contributed by atoms with Gasteiger partial charge in [-0.25, -0.2) is 9.59 Å². The zero-order valence-corrected chi connectivity index (χ0v) is 21.8. The number of rotatable bonds is 8. The summed E-state index contributed by atoms with van der Waals surface area (Å²) in [6.45, 7) is 4.60. The average Bonchev–Trinajstić information content (AvgIpc) is 3.23. The molecule has 3 atom stereocenters. The van der Waals surface area contributed by atoms with Gasteiger partial charge in [-0.1, -0.05) is 12.1 Å². The van der Waals surface area contributed by atoms with Gasteiger partial charge in [-0.3, -0.25) is 4.90 Å². The second-order valence-corrected chi connectivity index (χ2v) is 9.03. The number of hydrogen-bond donors (Lipinski definition) is 2. The number of halogens is 6. The van der Waals surface area contributed by atoms with Gasteiger partial charge in [0.25, 0.3) is 0 Å². The highest BCUT2D eigenvalue weighted by molar-refractivity contribution is 5.73. The molecule has 39 heavy (non-hydrogen) atoms. The van der Waals surface area contributed by atoms with Gasteiger partial charge in [0.05, 0.1) is 32.5 Å². The highest BCUT2D eigenvalue weighted by atomic mass is 19.4. The van der Waals surface area contributed by atoms with Gasteiger partial charge < -0.3 is 29.3 Å². The molecule has 2 heterocycles. The fourth-order valence-electron chi connectivity index (χ4n) is 3.83. The number of carboxylic acid groups (broad SMARTS) is 2. The molecule has 2 aliphatic heterocycles. The minimum atomic E-state index is -5.08. The Morgan fingerprint density at radius 1 is 1.00 bits per heavy atom. The van der Waals surface area contributed by atoms with Crippen molar-refractivity contribution in [1.82, 2.24) is 9.80 Å². The van der Waals surface area contributed by atoms with Crippen LogP contribution in [0.4, 0.5) is 26.3 Å². The van der Waals surface area contributed by atoms with E-state index < -0.39 is 24.3 Å². The molecule has 15 heteroatoms. The van der Waals surface area contributed by atoms with E-state index in [-0.39, 0.29) is 6.10 Å². The van der Waals surface area contributed by atoms with Gasteiger partial charge in [-0.15, -0.1) is 0 Å². The molecule has 0 aliphatic carbocycles. The first-order valence-corrected chi connectivity index (χ1v) is 11.9. The number of nitrogens with zero attached hydrogens (tertiary/aromatic N) is 2. The van der Waals surface area contributed by atoms with Crippen LogP contribution < -0.4 is 4.74 Å². The van der Waals surface area contributed by atoms with Crippen LogP contribution in [-0.4, -0.2) is 110 Å². The van der Waals surface area contributed by atoms with Gasteiger partial charge in [0.1, 0.15) is 5.75 Å². The van der Waals surface area contributed by atoms with E-state index in [4.69, 9.17) is 34.0 Å². The van der Waals surface area contributed by atoms with Crippen molar-refractivity contribution in [3.63, 3.8) is 0 Å². The van der Waals surface area contributed by atoms with Gasteiger partial charge in [-0.05, 0) is 51.1 Å². The lowest BCUT2D eigenvalue weighted by molar-refractivity contribution is -0.193. The fraction of sp³-hybridized carbons (Fsp3) is 0.667. The van der Waals surface area contributed by atoms with Crippen molar-refractivity contribution in [3.05, 3.63) is 29.8 Å². The zero-order chi connectivity index (χ0) is 29.8. The quantitative estimate of drug-likeness (QED) is 0.354. The predicted octanol–water partition coefficient (Wildman–Crippen LogP) is 3.66. The maximum absolute atomic E-state index is 10.6. The molecule has 0 saturated carbocycles. The maximum Gasteiger partial charge on any atom is 0.490 e. The van der Waals surface area contributed by atoms with E-state index in [0.717, 1.165) is 51.4 Å². The summed E-state index contributed by atoms with van der Waals surface area (Å²) in [7, 11) is 5.85. The molecule has 2 saturated heterocycles. The minimum absolute atomic E-state index is 0.268. The molecule has 1 aromatic carbocycles. The number of hydrogen-bond acceptors (Lipinski definition) is 7. The Kier molecular flexibility index (Phi) is 14.0. The first-order chi connectivity index (χ1) is 18.0. The minimum Gasteiger partial charge on any atom is -0.497 e. The van der Waals surface area contributed by atoms with Crippen molar-refractivity contribution in [2.75, 3.05) is 47.5 Å². The molecule has 0 aromatic heterocycles. The van der Waals surface area contributed by atoms with Crippen molar-refractivity contribution in [3.8, 4) is 5.75 Å². The third-order valence-electron chi connectivity index (χ3n) is 5.77. The molecule has 9 nitrogen and oxygen atoms in total. The Balaban J connectivity index is 0.000000449. The third-order valence-corrected chi connectivity index (χ3v) is 5.77. The van der Waals surface area contributed by atoms with Gasteiger partial charge in [-0.2, -0.15) is 26.3 Å².